The predicted octanol–water partition coefficient (Wildman–Crippen LogP) is 2.84. The van der Waals surface area contributed by atoms with Crippen molar-refractivity contribution in [2.45, 2.75) is 25.8 Å². The number of benzene rings is 3. The number of hydrogen-bond donors (Lipinski definition) is 2. The third-order valence-electron chi connectivity index (χ3n) is 6.63. The maximum absolute atomic E-state index is 13.5. The average Bonchev–Trinajstić information content (AvgIpc) is 3.35. The molecule has 2 aliphatic rings. The second-order valence-electron chi connectivity index (χ2n) is 9.07. The summed E-state index contributed by atoms with van der Waals surface area (Å²) in [5.74, 6) is -0.734. The van der Waals surface area contributed by atoms with Crippen molar-refractivity contribution in [3.05, 3.63) is 113 Å². The average molecular weight is 492 g/mol. The highest BCUT2D eigenvalue weighted by molar-refractivity contribution is 6.20. The van der Waals surface area contributed by atoms with Gasteiger partial charge in [-0.15, -0.1) is 5.10 Å². The molecule has 3 aromatic carbocycles. The van der Waals surface area contributed by atoms with Crippen LogP contribution in [0.5, 0.6) is 0 Å². The zero-order valence-electron chi connectivity index (χ0n) is 20.0. The summed E-state index contributed by atoms with van der Waals surface area (Å²) >= 11 is 0. The molecular formula is C28H25N7O2. The molecule has 1 atom stereocenters. The highest BCUT2D eigenvalue weighted by Gasteiger charge is 2.28. The van der Waals surface area contributed by atoms with Crippen LogP contribution in [0.15, 0.2) is 90.1 Å². The first-order chi connectivity index (χ1) is 18.2. The number of aliphatic imine (C=N–C) groups is 1. The molecule has 9 nitrogen and oxygen atoms in total. The van der Waals surface area contributed by atoms with Gasteiger partial charge in [-0.25, -0.2) is 9.67 Å². The summed E-state index contributed by atoms with van der Waals surface area (Å²) in [5, 5.41) is 13.9. The van der Waals surface area contributed by atoms with Crippen LogP contribution in [-0.2, 0) is 24.4 Å². The van der Waals surface area contributed by atoms with E-state index in [-0.39, 0.29) is 11.8 Å². The lowest BCUT2D eigenvalue weighted by molar-refractivity contribution is -0.117. The van der Waals surface area contributed by atoms with Crippen molar-refractivity contribution >= 4 is 23.2 Å². The third-order valence-corrected chi connectivity index (χ3v) is 6.63. The lowest BCUT2D eigenvalue weighted by Crippen LogP contribution is -2.43. The van der Waals surface area contributed by atoms with Gasteiger partial charge in [0.25, 0.3) is 11.8 Å². The van der Waals surface area contributed by atoms with Gasteiger partial charge in [-0.05, 0) is 17.7 Å². The van der Waals surface area contributed by atoms with Crippen molar-refractivity contribution < 1.29 is 9.59 Å². The number of carbonyl (C=O) groups is 2. The number of aromatic nitrogens is 3. The van der Waals surface area contributed by atoms with E-state index in [1.54, 1.807) is 12.3 Å². The van der Waals surface area contributed by atoms with Crippen molar-refractivity contribution in [2.75, 3.05) is 11.9 Å². The van der Waals surface area contributed by atoms with E-state index >= 15 is 0 Å². The van der Waals surface area contributed by atoms with E-state index in [1.807, 2.05) is 77.5 Å². The summed E-state index contributed by atoms with van der Waals surface area (Å²) < 4.78 is 1.90. The third kappa shape index (κ3) is 4.64. The minimum atomic E-state index is -1.08. The number of amides is 2. The number of carbonyl (C=O) groups excluding carboxylic acids is 2. The van der Waals surface area contributed by atoms with Crippen LogP contribution in [0.4, 0.5) is 5.69 Å². The molecule has 0 bridgehead atoms. The molecule has 3 heterocycles. The Morgan fingerprint density at radius 2 is 1.76 bits per heavy atom. The summed E-state index contributed by atoms with van der Waals surface area (Å²) in [6.07, 6.45) is 0.689. The van der Waals surface area contributed by atoms with Crippen LogP contribution in [0.3, 0.4) is 0 Å². The number of anilines is 1. The van der Waals surface area contributed by atoms with E-state index in [2.05, 4.69) is 25.8 Å². The Balaban J connectivity index is 1.27. The zero-order valence-corrected chi connectivity index (χ0v) is 20.0. The first-order valence-corrected chi connectivity index (χ1v) is 12.2. The number of nitrogens with one attached hydrogen (secondary N) is 2. The van der Waals surface area contributed by atoms with E-state index in [0.29, 0.717) is 30.1 Å². The quantitative estimate of drug-likeness (QED) is 0.447. The van der Waals surface area contributed by atoms with Gasteiger partial charge in [-0.2, -0.15) is 0 Å². The van der Waals surface area contributed by atoms with Crippen molar-refractivity contribution in [3.63, 3.8) is 0 Å². The molecule has 0 aliphatic carbocycles. The van der Waals surface area contributed by atoms with Gasteiger partial charge < -0.3 is 10.6 Å². The topological polar surface area (TPSA) is 105 Å². The molecule has 2 N–H and O–H groups in total. The van der Waals surface area contributed by atoms with Crippen LogP contribution in [0.25, 0.3) is 0 Å². The first kappa shape index (κ1) is 22.8. The fourth-order valence-electron chi connectivity index (χ4n) is 4.77. The number of rotatable bonds is 5. The van der Waals surface area contributed by atoms with E-state index in [1.165, 1.54) is 0 Å². The second kappa shape index (κ2) is 9.79. The molecule has 9 heteroatoms. The maximum atomic E-state index is 13.5. The Labute approximate surface area is 213 Å². The van der Waals surface area contributed by atoms with Gasteiger partial charge in [-0.1, -0.05) is 71.9 Å². The molecule has 6 rings (SSSR count). The van der Waals surface area contributed by atoms with Gasteiger partial charge in [-0.3, -0.25) is 14.5 Å². The molecule has 0 fully saturated rings. The normalized spacial score (nSPS) is 17.1. The van der Waals surface area contributed by atoms with E-state index in [4.69, 9.17) is 4.99 Å². The summed E-state index contributed by atoms with van der Waals surface area (Å²) in [6.45, 7) is 2.86. The van der Waals surface area contributed by atoms with Gasteiger partial charge in [0, 0.05) is 36.3 Å². The van der Waals surface area contributed by atoms with E-state index in [9.17, 15) is 9.59 Å². The highest BCUT2D eigenvalue weighted by atomic mass is 16.2. The second-order valence-corrected chi connectivity index (χ2v) is 9.07. The zero-order chi connectivity index (χ0) is 25.2. The minimum absolute atomic E-state index is 0.346. The van der Waals surface area contributed by atoms with Gasteiger partial charge in [0.15, 0.2) is 0 Å². The van der Waals surface area contributed by atoms with Crippen molar-refractivity contribution in [3.8, 4) is 0 Å². The Kier molecular flexibility index (Phi) is 6.03. The van der Waals surface area contributed by atoms with Crippen LogP contribution in [-0.4, -0.2) is 50.1 Å². The molecule has 184 valence electrons. The molecular weight excluding hydrogens is 466 g/mol. The van der Waals surface area contributed by atoms with Crippen LogP contribution in [0, 0.1) is 0 Å². The Morgan fingerprint density at radius 1 is 0.973 bits per heavy atom. The highest BCUT2D eigenvalue weighted by Crippen LogP contribution is 2.24. The molecule has 2 aliphatic heterocycles. The summed E-state index contributed by atoms with van der Waals surface area (Å²) in [4.78, 5) is 33.7. The van der Waals surface area contributed by atoms with Crippen LogP contribution >= 0.6 is 0 Å². The Hall–Kier alpha value is -4.63. The van der Waals surface area contributed by atoms with Crippen LogP contribution in [0.1, 0.15) is 32.7 Å². The molecule has 0 saturated carbocycles. The monoisotopic (exact) mass is 491 g/mol. The van der Waals surface area contributed by atoms with Gasteiger partial charge in [0.2, 0.25) is 6.17 Å². The molecule has 1 aromatic heterocycles. The van der Waals surface area contributed by atoms with Crippen LogP contribution in [0.2, 0.25) is 0 Å². The van der Waals surface area contributed by atoms with E-state index < -0.39 is 6.17 Å². The summed E-state index contributed by atoms with van der Waals surface area (Å²) in [5.41, 5.74) is 5.42. The molecule has 1 unspecified atom stereocenters. The smallest absolute Gasteiger partial charge is 0.269 e. The first-order valence-electron chi connectivity index (χ1n) is 12.2. The van der Waals surface area contributed by atoms with Crippen molar-refractivity contribution in [2.24, 2.45) is 4.99 Å². The summed E-state index contributed by atoms with van der Waals surface area (Å²) in [7, 11) is 0. The molecule has 0 spiro atoms. The number of hydrogen-bond acceptors (Lipinski definition) is 6. The predicted molar refractivity (Wildman–Crippen MR) is 139 cm³/mol. The lowest BCUT2D eigenvalue weighted by Gasteiger charge is -2.27. The molecule has 37 heavy (non-hydrogen) atoms. The number of benzodiazepines with no additional fused rings is 1. The fraction of sp³-hybridized carbons (Fsp3) is 0.179. The molecule has 4 aromatic rings. The van der Waals surface area contributed by atoms with Crippen molar-refractivity contribution in [1.29, 1.82) is 0 Å². The summed E-state index contributed by atoms with van der Waals surface area (Å²) in [6, 6.07) is 24.7. The number of nitrogens with zero attached hydrogens (tertiary/aromatic N) is 5. The fourth-order valence-corrected chi connectivity index (χ4v) is 4.77. The number of fused-ring (bicyclic) bond motifs is 2. The van der Waals surface area contributed by atoms with Crippen molar-refractivity contribution in [1.82, 2.24) is 25.2 Å². The molecule has 0 saturated heterocycles. The molecule has 0 radical (unpaired) electrons. The molecule has 2 amide bonds. The van der Waals surface area contributed by atoms with Crippen LogP contribution < -0.4 is 10.6 Å². The Morgan fingerprint density at radius 3 is 2.65 bits per heavy atom. The van der Waals surface area contributed by atoms with Gasteiger partial charge in [0.1, 0.15) is 0 Å². The largest absolute Gasteiger partial charge is 0.322 e. The maximum Gasteiger partial charge on any atom is 0.269 e. The Bertz CT molecular complexity index is 1500. The SMILES string of the molecule is O=C(NC1N=C(c2ccccc2)c2ccccc2NC1=O)c1ccccc1CN1CCn2nncc2C1. The van der Waals surface area contributed by atoms with Gasteiger partial charge >= 0.3 is 0 Å². The minimum Gasteiger partial charge on any atom is -0.322 e. The number of para-hydroxylation sites is 1. The standard InChI is InChI=1S/C28H25N7O2/c36-27(22-11-5-4-10-20(22)17-34-14-15-35-21(18-34)16-29-33-35)32-26-28(37)30-24-13-7-6-12-23(24)25(31-26)19-8-2-1-3-9-19/h1-13,16,26H,14-15,17-18H2,(H,30,37)(H,32,36). The van der Waals surface area contributed by atoms with Gasteiger partial charge in [0.05, 0.1) is 29.8 Å². The lowest BCUT2D eigenvalue weighted by atomic mass is 10.0. The van der Waals surface area contributed by atoms with E-state index in [0.717, 1.165) is 35.5 Å².